The van der Waals surface area contributed by atoms with Crippen LogP contribution in [0.5, 0.6) is 0 Å². The quantitative estimate of drug-likeness (QED) is 0.850. The summed E-state index contributed by atoms with van der Waals surface area (Å²) in [7, 11) is 1.81. The van der Waals surface area contributed by atoms with Crippen molar-refractivity contribution in [2.75, 3.05) is 20.2 Å². The first kappa shape index (κ1) is 15.0. The number of aryl methyl sites for hydroxylation is 1. The van der Waals surface area contributed by atoms with E-state index in [-0.39, 0.29) is 12.1 Å². The van der Waals surface area contributed by atoms with Gasteiger partial charge in [-0.1, -0.05) is 31.2 Å². The minimum atomic E-state index is -0.366. The fourth-order valence-electron chi connectivity index (χ4n) is 3.97. The van der Waals surface area contributed by atoms with Crippen molar-refractivity contribution in [3.05, 3.63) is 35.4 Å². The smallest absolute Gasteiger partial charge is 0.0947 e. The van der Waals surface area contributed by atoms with Crippen LogP contribution in [-0.2, 0) is 11.2 Å². The minimum absolute atomic E-state index is 0.235. The highest BCUT2D eigenvalue weighted by atomic mass is 16.5. The second-order valence-electron chi connectivity index (χ2n) is 6.64. The molecule has 1 aliphatic heterocycles. The molecule has 0 amide bonds. The van der Waals surface area contributed by atoms with Crippen LogP contribution in [0.25, 0.3) is 0 Å². The second-order valence-corrected chi connectivity index (χ2v) is 6.64. The summed E-state index contributed by atoms with van der Waals surface area (Å²) < 4.78 is 5.64. The predicted octanol–water partition coefficient (Wildman–Crippen LogP) is 2.78. The van der Waals surface area contributed by atoms with Crippen molar-refractivity contribution in [2.45, 2.75) is 50.9 Å². The molecule has 3 nitrogen and oxygen atoms in total. The lowest BCUT2D eigenvalue weighted by molar-refractivity contribution is -0.0454. The molecule has 0 radical (unpaired) electrons. The SMILES string of the molecule is COC1CN(C2CCCc3ccccc3C2O)CCC1C. The number of piperidine rings is 1. The van der Waals surface area contributed by atoms with Crippen LogP contribution in [0.2, 0.25) is 0 Å². The number of hydrogen-bond acceptors (Lipinski definition) is 3. The van der Waals surface area contributed by atoms with Gasteiger partial charge in [-0.2, -0.15) is 0 Å². The van der Waals surface area contributed by atoms with Crippen LogP contribution >= 0.6 is 0 Å². The lowest BCUT2D eigenvalue weighted by Crippen LogP contribution is -2.50. The molecule has 1 N–H and O–H groups in total. The Morgan fingerprint density at radius 2 is 2.05 bits per heavy atom. The third-order valence-electron chi connectivity index (χ3n) is 5.38. The van der Waals surface area contributed by atoms with Gasteiger partial charge in [-0.3, -0.25) is 4.90 Å². The summed E-state index contributed by atoms with van der Waals surface area (Å²) in [6, 6.07) is 8.62. The number of fused-ring (bicyclic) bond motifs is 1. The number of ether oxygens (including phenoxy) is 1. The van der Waals surface area contributed by atoms with Crippen molar-refractivity contribution < 1.29 is 9.84 Å². The van der Waals surface area contributed by atoms with Crippen LogP contribution in [0, 0.1) is 5.92 Å². The molecule has 0 saturated carbocycles. The Morgan fingerprint density at radius 1 is 1.24 bits per heavy atom. The van der Waals surface area contributed by atoms with Crippen molar-refractivity contribution >= 4 is 0 Å². The van der Waals surface area contributed by atoms with E-state index in [1.165, 1.54) is 5.56 Å². The summed E-state index contributed by atoms with van der Waals surface area (Å²) in [6.45, 7) is 4.29. The molecule has 3 heteroatoms. The van der Waals surface area contributed by atoms with Crippen molar-refractivity contribution in [3.8, 4) is 0 Å². The average molecular weight is 289 g/mol. The van der Waals surface area contributed by atoms with E-state index in [9.17, 15) is 5.11 Å². The van der Waals surface area contributed by atoms with E-state index in [0.717, 1.165) is 44.3 Å². The highest BCUT2D eigenvalue weighted by Crippen LogP contribution is 2.34. The van der Waals surface area contributed by atoms with Gasteiger partial charge in [-0.05, 0) is 49.3 Å². The first-order valence-electron chi connectivity index (χ1n) is 8.23. The van der Waals surface area contributed by atoms with Crippen molar-refractivity contribution in [1.82, 2.24) is 4.90 Å². The summed E-state index contributed by atoms with van der Waals surface area (Å²) in [5.41, 5.74) is 2.45. The number of methoxy groups -OCH3 is 1. The molecular formula is C18H27NO2. The van der Waals surface area contributed by atoms with Crippen LogP contribution in [0.4, 0.5) is 0 Å². The molecule has 1 fully saturated rings. The fraction of sp³-hybridized carbons (Fsp3) is 0.667. The standard InChI is InChI=1S/C18H27NO2/c1-13-10-11-19(12-17(13)21-2)16-9-5-7-14-6-3-4-8-15(14)18(16)20/h3-4,6,8,13,16-18,20H,5,7,9-12H2,1-2H3. The summed E-state index contributed by atoms with van der Waals surface area (Å²) in [5.74, 6) is 0.612. The van der Waals surface area contributed by atoms with Crippen LogP contribution in [0.3, 0.4) is 0 Å². The Labute approximate surface area is 127 Å². The van der Waals surface area contributed by atoms with Gasteiger partial charge in [0.2, 0.25) is 0 Å². The molecule has 3 rings (SSSR count). The lowest BCUT2D eigenvalue weighted by Gasteiger charge is -2.42. The number of aliphatic hydroxyl groups is 1. The molecule has 0 aromatic heterocycles. The number of likely N-dealkylation sites (tertiary alicyclic amines) is 1. The first-order chi connectivity index (χ1) is 10.2. The van der Waals surface area contributed by atoms with Gasteiger partial charge in [0.1, 0.15) is 0 Å². The average Bonchev–Trinajstić information content (AvgIpc) is 2.68. The summed E-state index contributed by atoms with van der Waals surface area (Å²) in [6.07, 6.45) is 4.40. The Hall–Kier alpha value is -0.900. The van der Waals surface area contributed by atoms with E-state index in [0.29, 0.717) is 12.0 Å². The maximum Gasteiger partial charge on any atom is 0.0947 e. The van der Waals surface area contributed by atoms with Gasteiger partial charge in [-0.25, -0.2) is 0 Å². The van der Waals surface area contributed by atoms with Gasteiger partial charge in [-0.15, -0.1) is 0 Å². The fourth-order valence-corrected chi connectivity index (χ4v) is 3.97. The van der Waals surface area contributed by atoms with Gasteiger partial charge >= 0.3 is 0 Å². The first-order valence-corrected chi connectivity index (χ1v) is 8.23. The second kappa shape index (κ2) is 6.47. The minimum Gasteiger partial charge on any atom is -0.387 e. The van der Waals surface area contributed by atoms with E-state index in [2.05, 4.69) is 30.0 Å². The van der Waals surface area contributed by atoms with Crippen LogP contribution in [-0.4, -0.2) is 42.4 Å². The van der Waals surface area contributed by atoms with Crippen molar-refractivity contribution in [3.63, 3.8) is 0 Å². The summed E-state index contributed by atoms with van der Waals surface area (Å²) >= 11 is 0. The maximum absolute atomic E-state index is 10.9. The largest absolute Gasteiger partial charge is 0.387 e. The van der Waals surface area contributed by atoms with Gasteiger partial charge < -0.3 is 9.84 Å². The molecule has 4 atom stereocenters. The Morgan fingerprint density at radius 3 is 2.86 bits per heavy atom. The third kappa shape index (κ3) is 3.01. The van der Waals surface area contributed by atoms with E-state index in [4.69, 9.17) is 4.74 Å². The molecule has 1 saturated heterocycles. The number of rotatable bonds is 2. The molecule has 1 aliphatic carbocycles. The zero-order valence-electron chi connectivity index (χ0n) is 13.2. The third-order valence-corrected chi connectivity index (χ3v) is 5.38. The van der Waals surface area contributed by atoms with Crippen LogP contribution < -0.4 is 0 Å². The van der Waals surface area contributed by atoms with Gasteiger partial charge in [0, 0.05) is 19.7 Å². The number of aliphatic hydroxyl groups excluding tert-OH is 1. The molecule has 116 valence electrons. The van der Waals surface area contributed by atoms with Crippen LogP contribution in [0.1, 0.15) is 43.4 Å². The maximum atomic E-state index is 10.9. The molecule has 1 heterocycles. The molecule has 21 heavy (non-hydrogen) atoms. The number of nitrogens with zero attached hydrogens (tertiary/aromatic N) is 1. The van der Waals surface area contributed by atoms with Crippen molar-refractivity contribution in [1.29, 1.82) is 0 Å². The van der Waals surface area contributed by atoms with E-state index in [1.807, 2.05) is 13.2 Å². The zero-order valence-corrected chi connectivity index (χ0v) is 13.2. The zero-order chi connectivity index (χ0) is 14.8. The highest BCUT2D eigenvalue weighted by Gasteiger charge is 2.35. The molecule has 0 bridgehead atoms. The Bertz CT molecular complexity index is 476. The predicted molar refractivity (Wildman–Crippen MR) is 84.3 cm³/mol. The molecule has 1 aromatic rings. The molecule has 4 unspecified atom stereocenters. The molecule has 0 spiro atoms. The van der Waals surface area contributed by atoms with Gasteiger partial charge in [0.15, 0.2) is 0 Å². The summed E-state index contributed by atoms with van der Waals surface area (Å²) in [5, 5.41) is 10.9. The Balaban J connectivity index is 1.79. The van der Waals surface area contributed by atoms with E-state index >= 15 is 0 Å². The monoisotopic (exact) mass is 289 g/mol. The van der Waals surface area contributed by atoms with Gasteiger partial charge in [0.25, 0.3) is 0 Å². The Kier molecular flexibility index (Phi) is 4.63. The highest BCUT2D eigenvalue weighted by molar-refractivity contribution is 5.31. The number of hydrogen-bond donors (Lipinski definition) is 1. The topological polar surface area (TPSA) is 32.7 Å². The van der Waals surface area contributed by atoms with Gasteiger partial charge in [0.05, 0.1) is 12.2 Å². The van der Waals surface area contributed by atoms with E-state index in [1.54, 1.807) is 0 Å². The van der Waals surface area contributed by atoms with Crippen LogP contribution in [0.15, 0.2) is 24.3 Å². The molecular weight excluding hydrogens is 262 g/mol. The van der Waals surface area contributed by atoms with Crippen molar-refractivity contribution in [2.24, 2.45) is 5.92 Å². The lowest BCUT2D eigenvalue weighted by atomic mass is 9.91. The normalized spacial score (nSPS) is 34.2. The molecule has 1 aromatic carbocycles. The summed E-state index contributed by atoms with van der Waals surface area (Å²) in [4.78, 5) is 2.46. The molecule has 2 aliphatic rings. The van der Waals surface area contributed by atoms with E-state index < -0.39 is 0 Å². The number of benzene rings is 1.